The lowest BCUT2D eigenvalue weighted by Crippen LogP contribution is -2.37. The van der Waals surface area contributed by atoms with Gasteiger partial charge in [-0.15, -0.1) is 0 Å². The third-order valence-corrected chi connectivity index (χ3v) is 4.21. The molecule has 3 atom stereocenters. The molecule has 3 rings (SSSR count). The molecular weight excluding hydrogens is 225 g/mol. The summed E-state index contributed by atoms with van der Waals surface area (Å²) in [5.74, 6) is 0.159. The first-order valence-electron chi connectivity index (χ1n) is 5.94. The van der Waals surface area contributed by atoms with Crippen molar-refractivity contribution in [3.63, 3.8) is 0 Å². The highest BCUT2D eigenvalue weighted by atomic mass is 35.5. The molecule has 0 aliphatic carbocycles. The molecule has 0 saturated carbocycles. The van der Waals surface area contributed by atoms with Crippen molar-refractivity contribution in [3.8, 4) is 0 Å². The zero-order valence-corrected chi connectivity index (χ0v) is 9.80. The number of nitrogens with one attached hydrogen (secondary N) is 1. The highest BCUT2D eigenvalue weighted by Gasteiger charge is 2.35. The lowest BCUT2D eigenvalue weighted by atomic mass is 9.86. The first-order valence-corrected chi connectivity index (χ1v) is 6.32. The number of hydrogen-bond donors (Lipinski definition) is 1. The van der Waals surface area contributed by atoms with Crippen LogP contribution in [0.4, 0.5) is 4.39 Å². The smallest absolute Gasteiger partial charge is 0.128 e. The molecule has 1 aromatic rings. The minimum atomic E-state index is -0.140. The molecule has 2 aliphatic heterocycles. The monoisotopic (exact) mass is 239 g/mol. The Kier molecular flexibility index (Phi) is 2.64. The fourth-order valence-corrected chi connectivity index (χ4v) is 3.51. The Morgan fingerprint density at radius 1 is 1.19 bits per heavy atom. The molecule has 0 amide bonds. The molecule has 0 spiro atoms. The van der Waals surface area contributed by atoms with Crippen molar-refractivity contribution in [2.24, 2.45) is 0 Å². The van der Waals surface area contributed by atoms with Gasteiger partial charge in [-0.2, -0.15) is 0 Å². The van der Waals surface area contributed by atoms with E-state index in [9.17, 15) is 4.39 Å². The molecule has 2 bridgehead atoms. The summed E-state index contributed by atoms with van der Waals surface area (Å²) >= 11 is 6.12. The van der Waals surface area contributed by atoms with Gasteiger partial charge in [0.05, 0.1) is 0 Å². The molecular formula is C13H15ClFN. The van der Waals surface area contributed by atoms with E-state index in [1.54, 1.807) is 12.1 Å². The summed E-state index contributed by atoms with van der Waals surface area (Å²) < 4.78 is 13.8. The summed E-state index contributed by atoms with van der Waals surface area (Å²) in [7, 11) is 0. The van der Waals surface area contributed by atoms with E-state index in [2.05, 4.69) is 5.32 Å². The Morgan fingerprint density at radius 2 is 1.88 bits per heavy atom. The molecule has 16 heavy (non-hydrogen) atoms. The molecule has 2 heterocycles. The zero-order valence-electron chi connectivity index (χ0n) is 9.05. The van der Waals surface area contributed by atoms with E-state index in [4.69, 9.17) is 11.6 Å². The quantitative estimate of drug-likeness (QED) is 0.791. The van der Waals surface area contributed by atoms with Crippen molar-refractivity contribution in [3.05, 3.63) is 34.6 Å². The summed E-state index contributed by atoms with van der Waals surface area (Å²) in [6.07, 6.45) is 4.51. The SMILES string of the molecule is Fc1cccc(Cl)c1C1C[C@H]2CC[C@@H](C1)N2. The maximum Gasteiger partial charge on any atom is 0.128 e. The van der Waals surface area contributed by atoms with Gasteiger partial charge in [0.1, 0.15) is 5.82 Å². The van der Waals surface area contributed by atoms with Crippen molar-refractivity contribution < 1.29 is 4.39 Å². The second kappa shape index (κ2) is 4.01. The lowest BCUT2D eigenvalue weighted by Gasteiger charge is -2.30. The minimum absolute atomic E-state index is 0.140. The van der Waals surface area contributed by atoms with Crippen LogP contribution in [0.15, 0.2) is 18.2 Å². The van der Waals surface area contributed by atoms with Crippen LogP contribution < -0.4 is 5.32 Å². The lowest BCUT2D eigenvalue weighted by molar-refractivity contribution is 0.356. The predicted octanol–water partition coefficient (Wildman–Crippen LogP) is 3.48. The third kappa shape index (κ3) is 1.74. The molecule has 0 aromatic heterocycles. The number of fused-ring (bicyclic) bond motifs is 2. The summed E-state index contributed by atoms with van der Waals surface area (Å²) in [5, 5.41) is 4.15. The van der Waals surface area contributed by atoms with Crippen LogP contribution in [-0.2, 0) is 0 Å². The van der Waals surface area contributed by atoms with Crippen LogP contribution in [0.3, 0.4) is 0 Å². The first-order chi connectivity index (χ1) is 7.74. The average molecular weight is 240 g/mol. The number of piperidine rings is 1. The zero-order chi connectivity index (χ0) is 11.1. The summed E-state index contributed by atoms with van der Waals surface area (Å²) in [5.41, 5.74) is 0.738. The van der Waals surface area contributed by atoms with Crippen LogP contribution in [0.1, 0.15) is 37.2 Å². The van der Waals surface area contributed by atoms with Crippen LogP contribution in [0, 0.1) is 5.82 Å². The van der Waals surface area contributed by atoms with Crippen molar-refractivity contribution in [2.75, 3.05) is 0 Å². The van der Waals surface area contributed by atoms with Gasteiger partial charge in [-0.1, -0.05) is 17.7 Å². The van der Waals surface area contributed by atoms with E-state index in [0.29, 0.717) is 23.0 Å². The van der Waals surface area contributed by atoms with Gasteiger partial charge in [0.25, 0.3) is 0 Å². The second-order valence-corrected chi connectivity index (χ2v) is 5.35. The topological polar surface area (TPSA) is 12.0 Å². The van der Waals surface area contributed by atoms with Crippen molar-refractivity contribution in [2.45, 2.75) is 43.7 Å². The minimum Gasteiger partial charge on any atom is -0.311 e. The highest BCUT2D eigenvalue weighted by molar-refractivity contribution is 6.31. The van der Waals surface area contributed by atoms with E-state index in [0.717, 1.165) is 18.4 Å². The van der Waals surface area contributed by atoms with Crippen LogP contribution in [0.25, 0.3) is 0 Å². The molecule has 2 saturated heterocycles. The number of rotatable bonds is 1. The first kappa shape index (κ1) is 10.5. The maximum absolute atomic E-state index is 13.8. The second-order valence-electron chi connectivity index (χ2n) is 4.94. The fraction of sp³-hybridized carbons (Fsp3) is 0.538. The highest BCUT2D eigenvalue weighted by Crippen LogP contribution is 2.40. The Bertz CT molecular complexity index is 375. The van der Waals surface area contributed by atoms with Crippen LogP contribution >= 0.6 is 11.6 Å². The molecule has 1 N–H and O–H groups in total. The Morgan fingerprint density at radius 3 is 2.50 bits per heavy atom. The summed E-state index contributed by atoms with van der Waals surface area (Å²) in [6.45, 7) is 0. The molecule has 3 heteroatoms. The van der Waals surface area contributed by atoms with Gasteiger partial charge in [0.2, 0.25) is 0 Å². The molecule has 1 aromatic carbocycles. The van der Waals surface area contributed by atoms with Gasteiger partial charge >= 0.3 is 0 Å². The molecule has 0 radical (unpaired) electrons. The predicted molar refractivity (Wildman–Crippen MR) is 63.3 cm³/mol. The van der Waals surface area contributed by atoms with Gasteiger partial charge in [0.15, 0.2) is 0 Å². The summed E-state index contributed by atoms with van der Waals surface area (Å²) in [6, 6.07) is 6.13. The molecule has 1 unspecified atom stereocenters. The van der Waals surface area contributed by atoms with E-state index in [1.165, 1.54) is 18.9 Å². The van der Waals surface area contributed by atoms with E-state index < -0.39 is 0 Å². The van der Waals surface area contributed by atoms with Gasteiger partial charge in [-0.3, -0.25) is 0 Å². The third-order valence-electron chi connectivity index (χ3n) is 3.88. The van der Waals surface area contributed by atoms with Gasteiger partial charge in [-0.25, -0.2) is 4.39 Å². The normalized spacial score (nSPS) is 33.0. The number of hydrogen-bond acceptors (Lipinski definition) is 1. The molecule has 86 valence electrons. The van der Waals surface area contributed by atoms with Crippen LogP contribution in [-0.4, -0.2) is 12.1 Å². The van der Waals surface area contributed by atoms with Gasteiger partial charge in [-0.05, 0) is 43.7 Å². The Balaban J connectivity index is 1.92. The molecule has 1 nitrogen and oxygen atoms in total. The maximum atomic E-state index is 13.8. The number of benzene rings is 1. The fourth-order valence-electron chi connectivity index (χ4n) is 3.19. The van der Waals surface area contributed by atoms with Crippen LogP contribution in [0.2, 0.25) is 5.02 Å². The Labute approximate surface area is 100.0 Å². The van der Waals surface area contributed by atoms with E-state index >= 15 is 0 Å². The van der Waals surface area contributed by atoms with Crippen molar-refractivity contribution >= 4 is 11.6 Å². The van der Waals surface area contributed by atoms with E-state index in [1.807, 2.05) is 0 Å². The average Bonchev–Trinajstić information content (AvgIpc) is 2.58. The van der Waals surface area contributed by atoms with Crippen LogP contribution in [0.5, 0.6) is 0 Å². The number of halogens is 2. The standard InChI is InChI=1S/C13H15ClFN/c14-11-2-1-3-12(15)13(11)8-6-9-4-5-10(7-8)16-9/h1-3,8-10,16H,4-7H2/t8?,9-,10+. The van der Waals surface area contributed by atoms with Gasteiger partial charge < -0.3 is 5.32 Å². The molecule has 2 fully saturated rings. The summed E-state index contributed by atoms with van der Waals surface area (Å²) in [4.78, 5) is 0. The Hall–Kier alpha value is -0.600. The molecule has 2 aliphatic rings. The van der Waals surface area contributed by atoms with E-state index in [-0.39, 0.29) is 5.82 Å². The van der Waals surface area contributed by atoms with Crippen molar-refractivity contribution in [1.29, 1.82) is 0 Å². The largest absolute Gasteiger partial charge is 0.311 e. The van der Waals surface area contributed by atoms with Gasteiger partial charge in [0, 0.05) is 22.7 Å². The van der Waals surface area contributed by atoms with Crippen molar-refractivity contribution in [1.82, 2.24) is 5.32 Å².